The van der Waals surface area contributed by atoms with E-state index in [2.05, 4.69) is 55.6 Å². The Balaban J connectivity index is 1.96. The van der Waals surface area contributed by atoms with Crippen LogP contribution in [-0.2, 0) is 0 Å². The van der Waals surface area contributed by atoms with E-state index in [4.69, 9.17) is 4.74 Å². The summed E-state index contributed by atoms with van der Waals surface area (Å²) in [6.45, 7) is 5.04. The van der Waals surface area contributed by atoms with E-state index in [1.54, 1.807) is 0 Å². The van der Waals surface area contributed by atoms with Crippen molar-refractivity contribution in [2.24, 2.45) is 0 Å². The Labute approximate surface area is 115 Å². The Morgan fingerprint density at radius 1 is 1.00 bits per heavy atom. The molecular formula is C17H21NO. The number of ether oxygens (including phenoxy) is 1. The van der Waals surface area contributed by atoms with Gasteiger partial charge in [0.25, 0.3) is 0 Å². The van der Waals surface area contributed by atoms with Crippen LogP contribution in [0.5, 0.6) is 5.75 Å². The number of rotatable bonds is 6. The summed E-state index contributed by atoms with van der Waals surface area (Å²) in [5.74, 6) is 0.930. The molecule has 0 aliphatic heterocycles. The summed E-state index contributed by atoms with van der Waals surface area (Å²) in [6, 6.07) is 18.9. The van der Waals surface area contributed by atoms with E-state index >= 15 is 0 Å². The SMILES string of the molecule is CCCOc1ccc(NC(C)c2ccccc2)cc1. The molecule has 0 amide bonds. The predicted molar refractivity (Wildman–Crippen MR) is 80.7 cm³/mol. The largest absolute Gasteiger partial charge is 0.494 e. The van der Waals surface area contributed by atoms with Gasteiger partial charge in [0.1, 0.15) is 5.75 Å². The highest BCUT2D eigenvalue weighted by Crippen LogP contribution is 2.21. The van der Waals surface area contributed by atoms with Crippen LogP contribution in [0.4, 0.5) is 5.69 Å². The molecule has 0 saturated carbocycles. The minimum Gasteiger partial charge on any atom is -0.494 e. The molecule has 0 saturated heterocycles. The molecule has 2 aromatic carbocycles. The van der Waals surface area contributed by atoms with E-state index in [1.807, 2.05) is 18.2 Å². The van der Waals surface area contributed by atoms with E-state index in [-0.39, 0.29) is 0 Å². The van der Waals surface area contributed by atoms with Gasteiger partial charge in [-0.15, -0.1) is 0 Å². The van der Waals surface area contributed by atoms with Crippen molar-refractivity contribution >= 4 is 5.69 Å². The minimum atomic E-state index is 0.295. The molecule has 0 fully saturated rings. The summed E-state index contributed by atoms with van der Waals surface area (Å²) in [7, 11) is 0. The van der Waals surface area contributed by atoms with Crippen LogP contribution in [0.3, 0.4) is 0 Å². The van der Waals surface area contributed by atoms with Crippen molar-refractivity contribution in [2.45, 2.75) is 26.3 Å². The van der Waals surface area contributed by atoms with Crippen LogP contribution < -0.4 is 10.1 Å². The van der Waals surface area contributed by atoms with Gasteiger partial charge >= 0.3 is 0 Å². The standard InChI is InChI=1S/C17H21NO/c1-3-13-19-17-11-9-16(10-12-17)18-14(2)15-7-5-4-6-8-15/h4-12,14,18H,3,13H2,1-2H3. The molecule has 1 unspecified atom stereocenters. The van der Waals surface area contributed by atoms with Crippen molar-refractivity contribution in [1.29, 1.82) is 0 Å². The van der Waals surface area contributed by atoms with Crippen molar-refractivity contribution in [1.82, 2.24) is 0 Å². The second-order valence-corrected chi connectivity index (χ2v) is 4.65. The second kappa shape index (κ2) is 6.83. The first-order chi connectivity index (χ1) is 9.29. The first-order valence-electron chi connectivity index (χ1n) is 6.84. The summed E-state index contributed by atoms with van der Waals surface area (Å²) < 4.78 is 5.57. The zero-order chi connectivity index (χ0) is 13.5. The molecule has 0 aliphatic carbocycles. The fourth-order valence-electron chi connectivity index (χ4n) is 1.94. The molecule has 2 rings (SSSR count). The smallest absolute Gasteiger partial charge is 0.119 e. The highest BCUT2D eigenvalue weighted by Gasteiger charge is 2.04. The molecule has 0 aromatic heterocycles. The summed E-state index contributed by atoms with van der Waals surface area (Å²) in [5, 5.41) is 3.49. The fraction of sp³-hybridized carbons (Fsp3) is 0.294. The Morgan fingerprint density at radius 2 is 1.68 bits per heavy atom. The topological polar surface area (TPSA) is 21.3 Å². The summed E-state index contributed by atoms with van der Waals surface area (Å²) in [4.78, 5) is 0. The van der Waals surface area contributed by atoms with Gasteiger partial charge in [0.2, 0.25) is 0 Å². The maximum absolute atomic E-state index is 5.57. The average molecular weight is 255 g/mol. The molecule has 1 atom stereocenters. The molecule has 19 heavy (non-hydrogen) atoms. The van der Waals surface area contributed by atoms with Crippen molar-refractivity contribution in [3.05, 3.63) is 60.2 Å². The Morgan fingerprint density at radius 3 is 2.32 bits per heavy atom. The molecule has 2 aromatic rings. The molecular weight excluding hydrogens is 234 g/mol. The third-order valence-corrected chi connectivity index (χ3v) is 3.01. The third kappa shape index (κ3) is 4.02. The number of benzene rings is 2. The van der Waals surface area contributed by atoms with Gasteiger partial charge in [-0.2, -0.15) is 0 Å². The Bertz CT molecular complexity index is 478. The lowest BCUT2D eigenvalue weighted by atomic mass is 10.1. The molecule has 0 bridgehead atoms. The van der Waals surface area contributed by atoms with Crippen LogP contribution >= 0.6 is 0 Å². The van der Waals surface area contributed by atoms with E-state index in [0.717, 1.165) is 24.5 Å². The zero-order valence-electron chi connectivity index (χ0n) is 11.6. The molecule has 0 spiro atoms. The number of hydrogen-bond donors (Lipinski definition) is 1. The first-order valence-corrected chi connectivity index (χ1v) is 6.84. The third-order valence-electron chi connectivity index (χ3n) is 3.01. The maximum atomic E-state index is 5.57. The van der Waals surface area contributed by atoms with Crippen molar-refractivity contribution in [2.75, 3.05) is 11.9 Å². The summed E-state index contributed by atoms with van der Waals surface area (Å²) in [5.41, 5.74) is 2.40. The first kappa shape index (κ1) is 13.5. The van der Waals surface area contributed by atoms with Crippen LogP contribution in [0.1, 0.15) is 31.9 Å². The quantitative estimate of drug-likeness (QED) is 0.811. The van der Waals surface area contributed by atoms with Crippen LogP contribution in [0.25, 0.3) is 0 Å². The van der Waals surface area contributed by atoms with Gasteiger partial charge in [-0.1, -0.05) is 37.3 Å². The Hall–Kier alpha value is -1.96. The molecule has 0 radical (unpaired) electrons. The van der Waals surface area contributed by atoms with Gasteiger partial charge in [0.15, 0.2) is 0 Å². The van der Waals surface area contributed by atoms with E-state index < -0.39 is 0 Å². The number of anilines is 1. The molecule has 0 heterocycles. The van der Waals surface area contributed by atoms with E-state index in [9.17, 15) is 0 Å². The lowest BCUT2D eigenvalue weighted by Crippen LogP contribution is -2.06. The molecule has 100 valence electrons. The van der Waals surface area contributed by atoms with Crippen LogP contribution in [0, 0.1) is 0 Å². The van der Waals surface area contributed by atoms with Crippen molar-refractivity contribution in [3.63, 3.8) is 0 Å². The Kier molecular flexibility index (Phi) is 4.85. The summed E-state index contributed by atoms with van der Waals surface area (Å²) >= 11 is 0. The average Bonchev–Trinajstić information content (AvgIpc) is 2.47. The highest BCUT2D eigenvalue weighted by atomic mass is 16.5. The minimum absolute atomic E-state index is 0.295. The van der Waals surface area contributed by atoms with Gasteiger partial charge in [-0.3, -0.25) is 0 Å². The molecule has 1 N–H and O–H groups in total. The van der Waals surface area contributed by atoms with Crippen LogP contribution in [0.15, 0.2) is 54.6 Å². The lowest BCUT2D eigenvalue weighted by Gasteiger charge is -2.16. The van der Waals surface area contributed by atoms with Crippen molar-refractivity contribution < 1.29 is 4.74 Å². The molecule has 0 aliphatic rings. The van der Waals surface area contributed by atoms with E-state index in [0.29, 0.717) is 6.04 Å². The van der Waals surface area contributed by atoms with Gasteiger partial charge in [0, 0.05) is 11.7 Å². The van der Waals surface area contributed by atoms with Crippen LogP contribution in [0.2, 0.25) is 0 Å². The van der Waals surface area contributed by atoms with Gasteiger partial charge < -0.3 is 10.1 Å². The summed E-state index contributed by atoms with van der Waals surface area (Å²) in [6.07, 6.45) is 1.03. The molecule has 2 heteroatoms. The second-order valence-electron chi connectivity index (χ2n) is 4.65. The van der Waals surface area contributed by atoms with Gasteiger partial charge in [0.05, 0.1) is 6.61 Å². The fourth-order valence-corrected chi connectivity index (χ4v) is 1.94. The lowest BCUT2D eigenvalue weighted by molar-refractivity contribution is 0.317. The number of nitrogens with one attached hydrogen (secondary N) is 1. The van der Waals surface area contributed by atoms with Gasteiger partial charge in [-0.05, 0) is 43.2 Å². The van der Waals surface area contributed by atoms with Gasteiger partial charge in [-0.25, -0.2) is 0 Å². The number of hydrogen-bond acceptors (Lipinski definition) is 2. The zero-order valence-corrected chi connectivity index (χ0v) is 11.6. The van der Waals surface area contributed by atoms with E-state index in [1.165, 1.54) is 5.56 Å². The van der Waals surface area contributed by atoms with Crippen LogP contribution in [-0.4, -0.2) is 6.61 Å². The predicted octanol–water partition coefficient (Wildman–Crippen LogP) is 4.65. The monoisotopic (exact) mass is 255 g/mol. The van der Waals surface area contributed by atoms with Crippen molar-refractivity contribution in [3.8, 4) is 5.75 Å². The normalized spacial score (nSPS) is 11.9. The highest BCUT2D eigenvalue weighted by molar-refractivity contribution is 5.48. The molecule has 2 nitrogen and oxygen atoms in total. The maximum Gasteiger partial charge on any atom is 0.119 e.